The summed E-state index contributed by atoms with van der Waals surface area (Å²) in [5.41, 5.74) is 10.9. The normalized spacial score (nSPS) is 10.5. The van der Waals surface area contributed by atoms with Crippen molar-refractivity contribution in [1.29, 1.82) is 0 Å². The maximum Gasteiger partial charge on any atom is -0.00257 e. The molecule has 0 saturated carbocycles. The first kappa shape index (κ1) is 11.9. The summed E-state index contributed by atoms with van der Waals surface area (Å²) >= 11 is 0. The van der Waals surface area contributed by atoms with Gasteiger partial charge in [-0.25, -0.2) is 0 Å². The van der Waals surface area contributed by atoms with Crippen LogP contribution in [0.25, 0.3) is 0 Å². The van der Waals surface area contributed by atoms with Crippen LogP contribution in [-0.4, -0.2) is 6.54 Å². The summed E-state index contributed by atoms with van der Waals surface area (Å²) in [7, 11) is 0. The van der Waals surface area contributed by atoms with Crippen LogP contribution in [0, 0.1) is 6.92 Å². The summed E-state index contributed by atoms with van der Waals surface area (Å²) in [6, 6.07) is 17.4. The van der Waals surface area contributed by atoms with Gasteiger partial charge in [0.25, 0.3) is 0 Å². The van der Waals surface area contributed by atoms with Crippen molar-refractivity contribution >= 4 is 0 Å². The van der Waals surface area contributed by atoms with Gasteiger partial charge in [-0.2, -0.15) is 0 Å². The predicted octanol–water partition coefficient (Wildman–Crippen LogP) is 3.09. The summed E-state index contributed by atoms with van der Waals surface area (Å²) in [5.74, 6) is 0. The molecule has 1 heteroatoms. The Balaban J connectivity index is 2.08. The first-order valence-electron chi connectivity index (χ1n) is 6.11. The first-order valence-corrected chi connectivity index (χ1v) is 6.11. The molecule has 88 valence electrons. The van der Waals surface area contributed by atoms with Crippen LogP contribution >= 0.6 is 0 Å². The Hall–Kier alpha value is -1.60. The molecule has 0 atom stereocenters. The molecule has 0 bridgehead atoms. The van der Waals surface area contributed by atoms with Gasteiger partial charge in [-0.05, 0) is 43.0 Å². The van der Waals surface area contributed by atoms with Crippen molar-refractivity contribution in [2.24, 2.45) is 5.73 Å². The molecule has 2 aromatic rings. The predicted molar refractivity (Wildman–Crippen MR) is 73.2 cm³/mol. The molecular formula is C16H19N. The Morgan fingerprint density at radius 1 is 0.882 bits per heavy atom. The van der Waals surface area contributed by atoms with E-state index >= 15 is 0 Å². The standard InChI is InChI=1S/C16H19N/c1-13-3-2-4-16(11-13)12-15-7-5-14(6-8-15)9-10-17/h2-8,11H,9-10,12,17H2,1H3. The number of rotatable bonds is 4. The molecule has 0 aliphatic rings. The fraction of sp³-hybridized carbons (Fsp3) is 0.250. The van der Waals surface area contributed by atoms with Crippen molar-refractivity contribution in [1.82, 2.24) is 0 Å². The summed E-state index contributed by atoms with van der Waals surface area (Å²) in [6.45, 7) is 2.85. The van der Waals surface area contributed by atoms with Gasteiger partial charge in [-0.3, -0.25) is 0 Å². The lowest BCUT2D eigenvalue weighted by Gasteiger charge is -2.04. The van der Waals surface area contributed by atoms with E-state index in [0.717, 1.165) is 19.4 Å². The Kier molecular flexibility index (Phi) is 3.94. The lowest BCUT2D eigenvalue weighted by atomic mass is 10.0. The van der Waals surface area contributed by atoms with Crippen molar-refractivity contribution in [2.75, 3.05) is 6.54 Å². The monoisotopic (exact) mass is 225 g/mol. The first-order chi connectivity index (χ1) is 8.28. The zero-order valence-electron chi connectivity index (χ0n) is 10.3. The molecule has 0 radical (unpaired) electrons. The second-order valence-electron chi connectivity index (χ2n) is 4.52. The van der Waals surface area contributed by atoms with Crippen molar-refractivity contribution in [3.63, 3.8) is 0 Å². The molecule has 0 saturated heterocycles. The highest BCUT2D eigenvalue weighted by atomic mass is 14.5. The minimum Gasteiger partial charge on any atom is -0.330 e. The topological polar surface area (TPSA) is 26.0 Å². The van der Waals surface area contributed by atoms with E-state index in [1.165, 1.54) is 22.3 Å². The Labute approximate surface area is 103 Å². The smallest absolute Gasteiger partial charge is 0.00257 e. The van der Waals surface area contributed by atoms with Crippen molar-refractivity contribution in [3.05, 3.63) is 70.8 Å². The summed E-state index contributed by atoms with van der Waals surface area (Å²) in [6.07, 6.45) is 1.97. The van der Waals surface area contributed by atoms with Crippen LogP contribution in [0.3, 0.4) is 0 Å². The van der Waals surface area contributed by atoms with E-state index in [2.05, 4.69) is 55.5 Å². The van der Waals surface area contributed by atoms with Crippen LogP contribution in [0.2, 0.25) is 0 Å². The van der Waals surface area contributed by atoms with Gasteiger partial charge < -0.3 is 5.73 Å². The molecule has 0 unspecified atom stereocenters. The van der Waals surface area contributed by atoms with Gasteiger partial charge in [0.2, 0.25) is 0 Å². The number of benzene rings is 2. The second-order valence-corrected chi connectivity index (χ2v) is 4.52. The van der Waals surface area contributed by atoms with E-state index in [0.29, 0.717) is 0 Å². The second kappa shape index (κ2) is 5.65. The van der Waals surface area contributed by atoms with E-state index in [1.54, 1.807) is 0 Å². The number of hydrogen-bond donors (Lipinski definition) is 1. The maximum absolute atomic E-state index is 5.54. The van der Waals surface area contributed by atoms with Crippen LogP contribution in [-0.2, 0) is 12.8 Å². The van der Waals surface area contributed by atoms with Gasteiger partial charge >= 0.3 is 0 Å². The molecule has 0 aliphatic carbocycles. The molecule has 0 fully saturated rings. The Morgan fingerprint density at radius 2 is 1.59 bits per heavy atom. The highest BCUT2D eigenvalue weighted by Crippen LogP contribution is 2.12. The van der Waals surface area contributed by atoms with Crippen molar-refractivity contribution in [2.45, 2.75) is 19.8 Å². The fourth-order valence-electron chi connectivity index (χ4n) is 2.05. The molecule has 17 heavy (non-hydrogen) atoms. The van der Waals surface area contributed by atoms with Crippen LogP contribution < -0.4 is 5.73 Å². The summed E-state index contributed by atoms with van der Waals surface area (Å²) < 4.78 is 0. The lowest BCUT2D eigenvalue weighted by Crippen LogP contribution is -2.02. The molecule has 0 spiro atoms. The fourth-order valence-corrected chi connectivity index (χ4v) is 2.05. The van der Waals surface area contributed by atoms with E-state index in [9.17, 15) is 0 Å². The van der Waals surface area contributed by atoms with Gasteiger partial charge in [0.1, 0.15) is 0 Å². The van der Waals surface area contributed by atoms with E-state index in [-0.39, 0.29) is 0 Å². The molecule has 0 heterocycles. The maximum atomic E-state index is 5.54. The molecule has 0 amide bonds. The SMILES string of the molecule is Cc1cccc(Cc2ccc(CCN)cc2)c1. The van der Waals surface area contributed by atoms with Crippen LogP contribution in [0.1, 0.15) is 22.3 Å². The molecular weight excluding hydrogens is 206 g/mol. The largest absolute Gasteiger partial charge is 0.330 e. The van der Waals surface area contributed by atoms with E-state index in [4.69, 9.17) is 5.73 Å². The minimum atomic E-state index is 0.719. The molecule has 2 N–H and O–H groups in total. The Bertz CT molecular complexity index is 471. The van der Waals surface area contributed by atoms with Crippen molar-refractivity contribution < 1.29 is 0 Å². The Morgan fingerprint density at radius 3 is 2.24 bits per heavy atom. The molecule has 2 aromatic carbocycles. The average Bonchev–Trinajstić information content (AvgIpc) is 2.32. The highest BCUT2D eigenvalue weighted by molar-refractivity contribution is 5.30. The third-order valence-electron chi connectivity index (χ3n) is 2.95. The van der Waals surface area contributed by atoms with Gasteiger partial charge in [-0.1, -0.05) is 54.1 Å². The zero-order valence-corrected chi connectivity index (χ0v) is 10.3. The molecule has 0 aliphatic heterocycles. The van der Waals surface area contributed by atoms with Gasteiger partial charge in [0.15, 0.2) is 0 Å². The quantitative estimate of drug-likeness (QED) is 0.850. The minimum absolute atomic E-state index is 0.719. The number of aryl methyl sites for hydroxylation is 1. The number of hydrogen-bond acceptors (Lipinski definition) is 1. The van der Waals surface area contributed by atoms with Gasteiger partial charge in [0, 0.05) is 0 Å². The van der Waals surface area contributed by atoms with Crippen LogP contribution in [0.15, 0.2) is 48.5 Å². The van der Waals surface area contributed by atoms with Gasteiger partial charge in [0.05, 0.1) is 0 Å². The van der Waals surface area contributed by atoms with Crippen LogP contribution in [0.5, 0.6) is 0 Å². The van der Waals surface area contributed by atoms with Crippen molar-refractivity contribution in [3.8, 4) is 0 Å². The zero-order chi connectivity index (χ0) is 12.1. The van der Waals surface area contributed by atoms with E-state index < -0.39 is 0 Å². The third-order valence-corrected chi connectivity index (χ3v) is 2.95. The lowest BCUT2D eigenvalue weighted by molar-refractivity contribution is 0.966. The molecule has 0 aromatic heterocycles. The van der Waals surface area contributed by atoms with E-state index in [1.807, 2.05) is 0 Å². The third kappa shape index (κ3) is 3.43. The highest BCUT2D eigenvalue weighted by Gasteiger charge is 1.97. The molecule has 1 nitrogen and oxygen atoms in total. The summed E-state index contributed by atoms with van der Waals surface area (Å²) in [5, 5.41) is 0. The summed E-state index contributed by atoms with van der Waals surface area (Å²) in [4.78, 5) is 0. The average molecular weight is 225 g/mol. The number of nitrogens with two attached hydrogens (primary N) is 1. The molecule has 2 rings (SSSR count). The van der Waals surface area contributed by atoms with Gasteiger partial charge in [-0.15, -0.1) is 0 Å². The van der Waals surface area contributed by atoms with Crippen LogP contribution in [0.4, 0.5) is 0 Å².